The SMILES string of the molecule is C[C@]12CCC3C(CC4(CC4)C4=CC(=O)CC[C@@H]43)C1CC[C@@]21C=CCO1.Cc1ccc(S(=O)(=O)OC[C@@H]2CC3C(CC[C@@]4(C)C3CC[C@@]43C=CCO3)[C@H]3CCC(=O)C=C23)cc1. The number of allylic oxidation sites excluding steroid dienone is 1. The van der Waals surface area contributed by atoms with Crippen molar-refractivity contribution in [1.82, 2.24) is 0 Å². The molecule has 0 saturated heterocycles. The predicted octanol–water partition coefficient (Wildman–Crippen LogP) is 10.2. The molecular weight excluding hydrogens is 769 g/mol. The quantitative estimate of drug-likeness (QED) is 0.220. The van der Waals surface area contributed by atoms with Crippen molar-refractivity contribution in [3.63, 3.8) is 0 Å². The molecule has 7 fully saturated rings. The fourth-order valence-corrected chi connectivity index (χ4v) is 17.6. The Kier molecular flexibility index (Phi) is 9.49. The Balaban J connectivity index is 0.000000143. The zero-order valence-corrected chi connectivity index (χ0v) is 37.0. The zero-order valence-electron chi connectivity index (χ0n) is 36.2. The smallest absolute Gasteiger partial charge is 0.296 e. The second-order valence-corrected chi connectivity index (χ2v) is 23.6. The number of carbonyl (C=O) groups excluding carboxylic acids is 2. The van der Waals surface area contributed by atoms with Gasteiger partial charge in [0, 0.05) is 29.6 Å². The van der Waals surface area contributed by atoms with Gasteiger partial charge in [-0.05, 0) is 174 Å². The Hall–Kier alpha value is -2.65. The van der Waals surface area contributed by atoms with E-state index in [0.717, 1.165) is 92.8 Å². The van der Waals surface area contributed by atoms with E-state index in [2.05, 4.69) is 44.2 Å². The predicted molar refractivity (Wildman–Crippen MR) is 230 cm³/mol. The average Bonchev–Trinajstić information content (AvgIpc) is 3.59. The lowest BCUT2D eigenvalue weighted by atomic mass is 9.48. The van der Waals surface area contributed by atoms with Gasteiger partial charge in [-0.25, -0.2) is 0 Å². The fourth-order valence-electron chi connectivity index (χ4n) is 16.6. The van der Waals surface area contributed by atoms with E-state index in [1.165, 1.54) is 44.9 Å². The van der Waals surface area contributed by atoms with Crippen LogP contribution in [0.25, 0.3) is 0 Å². The maximum Gasteiger partial charge on any atom is 0.296 e. The number of carbonyl (C=O) groups is 2. The normalized spacial score (nSPS) is 45.2. The number of aryl methyl sites for hydroxylation is 1. The molecule has 0 radical (unpaired) electrons. The van der Waals surface area contributed by atoms with Crippen LogP contribution in [0.1, 0.15) is 122 Å². The van der Waals surface area contributed by atoms with E-state index in [9.17, 15) is 18.0 Å². The molecule has 7 saturated carbocycles. The number of ketones is 2. The zero-order chi connectivity index (χ0) is 41.3. The van der Waals surface area contributed by atoms with E-state index in [0.29, 0.717) is 53.3 Å². The third kappa shape index (κ3) is 5.98. The van der Waals surface area contributed by atoms with Gasteiger partial charge in [-0.1, -0.05) is 67.0 Å². The summed E-state index contributed by atoms with van der Waals surface area (Å²) in [5.74, 6) is 5.79. The molecule has 322 valence electrons. The lowest BCUT2D eigenvalue weighted by Gasteiger charge is -2.57. The van der Waals surface area contributed by atoms with Crippen LogP contribution in [-0.2, 0) is 33.4 Å². The second kappa shape index (κ2) is 14.2. The topological polar surface area (TPSA) is 96.0 Å². The standard InChI is InChI=1S/C29H36O5S.C23H30O2/c1-19-4-7-22(8-5-19)35(31,32)34-18-20-16-26-24(23-9-6-21(30)17-25(20)23)10-13-28(2)27(26)11-14-29(28)12-3-15-33-29;1-21-8-5-16-17-4-3-15(24)13-20(17)22(10-11-22)14-18(16)19(21)6-9-23(21)7-2-12-25-23/h3-5,7-8,12,17,20,23-24,26-27H,6,9-11,13-16,18H2,1-2H3;2,7,13,16-19H,3-6,8-12,14H2,1H3/t20-,23+,24?,26?,27?,28-,29-;16?,17-,18?,19?,21+,23+/m01/s1. The summed E-state index contributed by atoms with van der Waals surface area (Å²) in [6.45, 7) is 8.55. The van der Waals surface area contributed by atoms with Crippen molar-refractivity contribution < 1.29 is 31.7 Å². The molecule has 0 bridgehead atoms. The summed E-state index contributed by atoms with van der Waals surface area (Å²) in [5, 5.41) is 0. The molecule has 2 heterocycles. The first-order chi connectivity index (χ1) is 28.8. The highest BCUT2D eigenvalue weighted by molar-refractivity contribution is 7.86. The summed E-state index contributed by atoms with van der Waals surface area (Å²) in [5.41, 5.74) is 4.54. The molecule has 9 aliphatic carbocycles. The van der Waals surface area contributed by atoms with E-state index in [1.807, 2.05) is 13.0 Å². The Morgan fingerprint density at radius 2 is 1.27 bits per heavy atom. The molecular formula is C52H66O7S. The summed E-state index contributed by atoms with van der Waals surface area (Å²) >= 11 is 0. The van der Waals surface area contributed by atoms with Crippen molar-refractivity contribution in [2.45, 2.75) is 140 Å². The molecule has 6 unspecified atom stereocenters. The number of hydrogen-bond acceptors (Lipinski definition) is 7. The van der Waals surface area contributed by atoms with Crippen molar-refractivity contribution in [2.24, 2.45) is 69.5 Å². The minimum Gasteiger partial charge on any atom is -0.366 e. The lowest BCUT2D eigenvalue weighted by Crippen LogP contribution is -2.53. The number of fused-ring (bicyclic) bond motifs is 13. The van der Waals surface area contributed by atoms with E-state index in [-0.39, 0.29) is 39.8 Å². The summed E-state index contributed by atoms with van der Waals surface area (Å²) < 4.78 is 44.4. The highest BCUT2D eigenvalue weighted by Crippen LogP contribution is 2.73. The van der Waals surface area contributed by atoms with Crippen molar-refractivity contribution in [3.05, 3.63) is 77.4 Å². The minimum absolute atomic E-state index is 0.0374. The van der Waals surface area contributed by atoms with Crippen molar-refractivity contribution >= 4 is 21.7 Å². The number of benzene rings is 1. The van der Waals surface area contributed by atoms with Crippen molar-refractivity contribution in [3.8, 4) is 0 Å². The van der Waals surface area contributed by atoms with Gasteiger partial charge in [0.05, 0.1) is 35.9 Å². The highest BCUT2D eigenvalue weighted by Gasteiger charge is 2.67. The van der Waals surface area contributed by atoms with Crippen LogP contribution in [0.15, 0.2) is 76.8 Å². The van der Waals surface area contributed by atoms with Gasteiger partial charge < -0.3 is 9.47 Å². The largest absolute Gasteiger partial charge is 0.366 e. The molecule has 1 aromatic rings. The molecule has 13 atom stereocenters. The van der Waals surface area contributed by atoms with Gasteiger partial charge in [0.25, 0.3) is 10.1 Å². The molecule has 7 nitrogen and oxygen atoms in total. The van der Waals surface area contributed by atoms with Gasteiger partial charge in [-0.15, -0.1) is 0 Å². The molecule has 1 aromatic carbocycles. The monoisotopic (exact) mass is 834 g/mol. The van der Waals surface area contributed by atoms with Crippen LogP contribution >= 0.6 is 0 Å². The van der Waals surface area contributed by atoms with Gasteiger partial charge in [0.15, 0.2) is 11.6 Å². The first-order valence-electron chi connectivity index (χ1n) is 23.9. The van der Waals surface area contributed by atoms with Gasteiger partial charge in [0.1, 0.15) is 0 Å². The second-order valence-electron chi connectivity index (χ2n) is 22.0. The molecule has 8 heteroatoms. The van der Waals surface area contributed by atoms with Crippen LogP contribution < -0.4 is 0 Å². The molecule has 60 heavy (non-hydrogen) atoms. The summed E-state index contributed by atoms with van der Waals surface area (Å²) in [6.07, 6.45) is 31.3. The van der Waals surface area contributed by atoms with Gasteiger partial charge in [-0.3, -0.25) is 13.8 Å². The molecule has 11 aliphatic rings. The maximum atomic E-state index is 13.0. The Labute approximate surface area is 358 Å². The Bertz CT molecular complexity index is 2180. The van der Waals surface area contributed by atoms with E-state index >= 15 is 0 Å². The first-order valence-corrected chi connectivity index (χ1v) is 25.3. The van der Waals surface area contributed by atoms with Crippen LogP contribution in [-0.4, -0.2) is 51.0 Å². The van der Waals surface area contributed by atoms with Crippen LogP contribution in [0.2, 0.25) is 0 Å². The number of rotatable bonds is 4. The summed E-state index contributed by atoms with van der Waals surface area (Å²) in [6, 6.07) is 6.79. The number of hydrogen-bond donors (Lipinski definition) is 0. The van der Waals surface area contributed by atoms with E-state index < -0.39 is 10.1 Å². The van der Waals surface area contributed by atoms with Crippen LogP contribution in [0.3, 0.4) is 0 Å². The average molecular weight is 835 g/mol. The van der Waals surface area contributed by atoms with E-state index in [1.54, 1.807) is 29.8 Å². The molecule has 12 rings (SSSR count). The minimum atomic E-state index is -3.85. The molecule has 0 amide bonds. The van der Waals surface area contributed by atoms with Crippen molar-refractivity contribution in [2.75, 3.05) is 19.8 Å². The molecule has 0 aromatic heterocycles. The van der Waals surface area contributed by atoms with Crippen LogP contribution in [0.4, 0.5) is 0 Å². The first kappa shape index (κ1) is 40.1. The summed E-state index contributed by atoms with van der Waals surface area (Å²) in [4.78, 5) is 24.7. The van der Waals surface area contributed by atoms with E-state index in [4.69, 9.17) is 13.7 Å². The lowest BCUT2D eigenvalue weighted by molar-refractivity contribution is -0.121. The van der Waals surface area contributed by atoms with Gasteiger partial charge in [0.2, 0.25) is 0 Å². The van der Waals surface area contributed by atoms with Gasteiger partial charge in [-0.2, -0.15) is 8.42 Å². The molecule has 0 N–H and O–H groups in total. The molecule has 2 aliphatic heterocycles. The Morgan fingerprint density at radius 1 is 0.683 bits per heavy atom. The van der Waals surface area contributed by atoms with Gasteiger partial charge >= 0.3 is 0 Å². The fraction of sp³-hybridized carbons (Fsp3) is 0.692. The Morgan fingerprint density at radius 3 is 1.87 bits per heavy atom. The molecule has 3 spiro atoms. The number of ether oxygens (including phenoxy) is 2. The highest BCUT2D eigenvalue weighted by atomic mass is 32.2. The third-order valence-electron chi connectivity index (χ3n) is 19.8. The third-order valence-corrected chi connectivity index (χ3v) is 21.1. The van der Waals surface area contributed by atoms with Crippen LogP contribution in [0.5, 0.6) is 0 Å². The maximum absolute atomic E-state index is 13.0. The van der Waals surface area contributed by atoms with Crippen LogP contribution in [0, 0.1) is 76.4 Å². The van der Waals surface area contributed by atoms with Crippen molar-refractivity contribution in [1.29, 1.82) is 0 Å². The summed E-state index contributed by atoms with van der Waals surface area (Å²) in [7, 11) is -3.85.